The fourth-order valence-corrected chi connectivity index (χ4v) is 2.83. The quantitative estimate of drug-likeness (QED) is 0.859. The van der Waals surface area contributed by atoms with Gasteiger partial charge in [-0.2, -0.15) is 5.26 Å². The average Bonchev–Trinajstić information content (AvgIpc) is 2.98. The third-order valence-electron chi connectivity index (χ3n) is 3.28. The molecule has 2 rings (SSSR count). The van der Waals surface area contributed by atoms with Gasteiger partial charge in [0.1, 0.15) is 6.04 Å². The third kappa shape index (κ3) is 3.70. The summed E-state index contributed by atoms with van der Waals surface area (Å²) in [6, 6.07) is 8.26. The van der Waals surface area contributed by atoms with Crippen LogP contribution in [0.15, 0.2) is 29.6 Å². The number of aryl methyl sites for hydroxylation is 1. The Balaban J connectivity index is 2.26. The number of nitriles is 1. The van der Waals surface area contributed by atoms with E-state index in [2.05, 4.69) is 16.4 Å². The number of hydrogen-bond donors (Lipinski definition) is 1. The second-order valence-electron chi connectivity index (χ2n) is 4.87. The molecule has 0 fully saturated rings. The number of methoxy groups -OCH3 is 1. The summed E-state index contributed by atoms with van der Waals surface area (Å²) in [7, 11) is 1.35. The van der Waals surface area contributed by atoms with Gasteiger partial charge in [0.05, 0.1) is 29.4 Å². The van der Waals surface area contributed by atoms with Crippen molar-refractivity contribution >= 4 is 17.3 Å². The standard InChI is InChI=1S/C16H17N3O2S/c1-10(14-9-22-11(2)19-14)18-15(16(20)21-3)13-6-4-5-12(7-13)8-17/h4-7,9-10,15,18H,1-3H3/t10-,15-/m0/s1. The molecule has 6 heteroatoms. The molecule has 114 valence electrons. The van der Waals surface area contributed by atoms with E-state index in [-0.39, 0.29) is 6.04 Å². The Hall–Kier alpha value is -2.23. The first-order chi connectivity index (χ1) is 10.5. The van der Waals surface area contributed by atoms with E-state index in [1.165, 1.54) is 7.11 Å². The zero-order valence-electron chi connectivity index (χ0n) is 12.7. The van der Waals surface area contributed by atoms with Crippen molar-refractivity contribution in [2.45, 2.75) is 25.9 Å². The minimum Gasteiger partial charge on any atom is -0.468 e. The number of aromatic nitrogens is 1. The summed E-state index contributed by atoms with van der Waals surface area (Å²) in [5.74, 6) is -0.395. The molecule has 0 aliphatic rings. The van der Waals surface area contributed by atoms with Crippen molar-refractivity contribution in [1.29, 1.82) is 5.26 Å². The molecule has 0 aliphatic heterocycles. The lowest BCUT2D eigenvalue weighted by Crippen LogP contribution is -2.32. The number of nitrogens with zero attached hydrogens (tertiary/aromatic N) is 2. The molecular weight excluding hydrogens is 298 g/mol. The number of esters is 1. The van der Waals surface area contributed by atoms with Crippen molar-refractivity contribution in [1.82, 2.24) is 10.3 Å². The normalized spacial score (nSPS) is 13.2. The zero-order chi connectivity index (χ0) is 16.1. The van der Waals surface area contributed by atoms with Gasteiger partial charge >= 0.3 is 5.97 Å². The molecule has 5 nitrogen and oxygen atoms in total. The summed E-state index contributed by atoms with van der Waals surface area (Å²) in [6.45, 7) is 3.88. The molecule has 2 aromatic rings. The van der Waals surface area contributed by atoms with Crippen LogP contribution in [-0.4, -0.2) is 18.1 Å². The number of nitrogens with one attached hydrogen (secondary N) is 1. The molecule has 0 unspecified atom stereocenters. The van der Waals surface area contributed by atoms with Crippen molar-refractivity contribution in [3.8, 4) is 6.07 Å². The highest BCUT2D eigenvalue weighted by molar-refractivity contribution is 7.09. The highest BCUT2D eigenvalue weighted by Crippen LogP contribution is 2.22. The molecule has 1 aromatic heterocycles. The van der Waals surface area contributed by atoms with E-state index >= 15 is 0 Å². The van der Waals surface area contributed by atoms with Crippen LogP contribution in [-0.2, 0) is 9.53 Å². The van der Waals surface area contributed by atoms with Crippen molar-refractivity contribution in [3.05, 3.63) is 51.5 Å². The maximum atomic E-state index is 12.1. The van der Waals surface area contributed by atoms with Crippen LogP contribution in [0.1, 0.15) is 40.8 Å². The van der Waals surface area contributed by atoms with Gasteiger partial charge in [-0.15, -0.1) is 11.3 Å². The van der Waals surface area contributed by atoms with Gasteiger partial charge in [0.15, 0.2) is 0 Å². The lowest BCUT2D eigenvalue weighted by atomic mass is 10.0. The second kappa shape index (κ2) is 7.16. The van der Waals surface area contributed by atoms with Crippen LogP contribution in [0.25, 0.3) is 0 Å². The fraction of sp³-hybridized carbons (Fsp3) is 0.312. The van der Waals surface area contributed by atoms with Crippen LogP contribution in [0.4, 0.5) is 0 Å². The van der Waals surface area contributed by atoms with Gasteiger partial charge in [-0.3, -0.25) is 5.32 Å². The van der Waals surface area contributed by atoms with Crippen molar-refractivity contribution in [3.63, 3.8) is 0 Å². The Morgan fingerprint density at radius 2 is 2.27 bits per heavy atom. The molecule has 1 heterocycles. The number of benzene rings is 1. The van der Waals surface area contributed by atoms with Crippen molar-refractivity contribution in [2.24, 2.45) is 0 Å². The first-order valence-corrected chi connectivity index (χ1v) is 7.69. The molecule has 0 radical (unpaired) electrons. The Morgan fingerprint density at radius 3 is 2.86 bits per heavy atom. The molecule has 0 saturated heterocycles. The summed E-state index contributed by atoms with van der Waals surface area (Å²) in [5, 5.41) is 15.2. The smallest absolute Gasteiger partial charge is 0.327 e. The lowest BCUT2D eigenvalue weighted by molar-refractivity contribution is -0.143. The molecule has 2 atom stereocenters. The summed E-state index contributed by atoms with van der Waals surface area (Å²) >= 11 is 1.57. The monoisotopic (exact) mass is 315 g/mol. The SMILES string of the molecule is COC(=O)[C@@H](N[C@@H](C)c1csc(C)n1)c1cccc(C#N)c1. The van der Waals surface area contributed by atoms with Crippen molar-refractivity contribution in [2.75, 3.05) is 7.11 Å². The van der Waals surface area contributed by atoms with Gasteiger partial charge in [0.25, 0.3) is 0 Å². The van der Waals surface area contributed by atoms with Gasteiger partial charge in [-0.1, -0.05) is 12.1 Å². The number of carbonyl (C=O) groups is 1. The minimum atomic E-state index is -0.643. The Kier molecular flexibility index (Phi) is 5.26. The van der Waals surface area contributed by atoms with E-state index in [0.717, 1.165) is 10.7 Å². The number of ether oxygens (including phenoxy) is 1. The summed E-state index contributed by atoms with van der Waals surface area (Å²) in [4.78, 5) is 16.5. The van der Waals surface area contributed by atoms with Crippen LogP contribution in [0.2, 0.25) is 0 Å². The average molecular weight is 315 g/mol. The Labute approximate surface area is 133 Å². The number of hydrogen-bond acceptors (Lipinski definition) is 6. The van der Waals surface area contributed by atoms with Gasteiger partial charge in [-0.25, -0.2) is 9.78 Å². The third-order valence-corrected chi connectivity index (χ3v) is 4.07. The molecule has 1 N–H and O–H groups in total. The molecule has 0 aliphatic carbocycles. The summed E-state index contributed by atoms with van der Waals surface area (Å²) in [5.41, 5.74) is 2.09. The lowest BCUT2D eigenvalue weighted by Gasteiger charge is -2.21. The van der Waals surface area contributed by atoms with Crippen LogP contribution in [0.3, 0.4) is 0 Å². The van der Waals surface area contributed by atoms with E-state index in [1.807, 2.05) is 19.2 Å². The summed E-state index contributed by atoms with van der Waals surface area (Å²) in [6.07, 6.45) is 0. The molecule has 0 spiro atoms. The van der Waals surface area contributed by atoms with E-state index in [9.17, 15) is 4.79 Å². The Bertz CT molecular complexity index is 705. The highest BCUT2D eigenvalue weighted by atomic mass is 32.1. The number of thiazole rings is 1. The van der Waals surface area contributed by atoms with Crippen molar-refractivity contribution < 1.29 is 9.53 Å². The molecule has 1 aromatic carbocycles. The van der Waals surface area contributed by atoms with E-state index in [1.54, 1.807) is 35.6 Å². The molecule has 0 saturated carbocycles. The maximum absolute atomic E-state index is 12.1. The fourth-order valence-electron chi connectivity index (χ4n) is 2.12. The van der Waals surface area contributed by atoms with Crippen LogP contribution in [0.5, 0.6) is 0 Å². The van der Waals surface area contributed by atoms with Crippen LogP contribution < -0.4 is 5.32 Å². The molecule has 0 amide bonds. The molecule has 22 heavy (non-hydrogen) atoms. The van der Waals surface area contributed by atoms with Gasteiger partial charge in [0.2, 0.25) is 0 Å². The van der Waals surface area contributed by atoms with Crippen LogP contribution in [0, 0.1) is 18.3 Å². The predicted molar refractivity (Wildman–Crippen MR) is 84.3 cm³/mol. The van der Waals surface area contributed by atoms with E-state index in [0.29, 0.717) is 11.1 Å². The largest absolute Gasteiger partial charge is 0.468 e. The summed E-state index contributed by atoms with van der Waals surface area (Å²) < 4.78 is 4.88. The molecule has 0 bridgehead atoms. The topological polar surface area (TPSA) is 75.0 Å². The van der Waals surface area contributed by atoms with E-state index < -0.39 is 12.0 Å². The highest BCUT2D eigenvalue weighted by Gasteiger charge is 2.24. The maximum Gasteiger partial charge on any atom is 0.327 e. The first kappa shape index (κ1) is 16.1. The number of rotatable bonds is 5. The minimum absolute atomic E-state index is 0.111. The van der Waals surface area contributed by atoms with Gasteiger partial charge < -0.3 is 4.74 Å². The van der Waals surface area contributed by atoms with Gasteiger partial charge in [0, 0.05) is 11.4 Å². The van der Waals surface area contributed by atoms with Crippen LogP contribution >= 0.6 is 11.3 Å². The first-order valence-electron chi connectivity index (χ1n) is 6.81. The Morgan fingerprint density at radius 1 is 1.50 bits per heavy atom. The second-order valence-corrected chi connectivity index (χ2v) is 5.94. The molecular formula is C16H17N3O2S. The predicted octanol–water partition coefficient (Wildman–Crippen LogP) is 2.89. The zero-order valence-corrected chi connectivity index (χ0v) is 13.5. The number of carbonyl (C=O) groups excluding carboxylic acids is 1. The van der Waals surface area contributed by atoms with E-state index in [4.69, 9.17) is 10.00 Å². The van der Waals surface area contributed by atoms with Gasteiger partial charge in [-0.05, 0) is 31.5 Å².